The standard InChI is InChI=1S/C30H35BrN2O8S/c1-17(42-21-9-7-8-20(31)16-21)40-28-22(32-30(34)33(2)35)12-18(13-25(28)36-3)23-10-11-24(41-23)19-14-26(37-4)29(39-6)27(15-19)38-5/h7-9,12-17,23-24,35H,10-11H2,1-6H3,(H,32,34). The van der Waals surface area contributed by atoms with E-state index in [0.717, 1.165) is 26.9 Å². The Kier molecular flexibility index (Phi) is 10.7. The molecule has 0 aliphatic carbocycles. The molecule has 0 radical (unpaired) electrons. The number of benzene rings is 3. The fourth-order valence-electron chi connectivity index (χ4n) is 4.71. The number of hydroxylamine groups is 2. The van der Waals surface area contributed by atoms with Crippen LogP contribution in [0.15, 0.2) is 57.9 Å². The lowest BCUT2D eigenvalue weighted by Crippen LogP contribution is -2.28. The van der Waals surface area contributed by atoms with Crippen LogP contribution in [-0.2, 0) is 4.74 Å². The van der Waals surface area contributed by atoms with E-state index in [1.165, 1.54) is 25.9 Å². The van der Waals surface area contributed by atoms with Crippen LogP contribution in [-0.4, -0.2) is 57.2 Å². The third kappa shape index (κ3) is 7.35. The van der Waals surface area contributed by atoms with Crippen molar-refractivity contribution >= 4 is 39.4 Å². The van der Waals surface area contributed by atoms with Crippen molar-refractivity contribution in [2.75, 3.05) is 40.8 Å². The molecule has 10 nitrogen and oxygen atoms in total. The van der Waals surface area contributed by atoms with Crippen LogP contribution in [0.4, 0.5) is 10.5 Å². The molecule has 1 fully saturated rings. The van der Waals surface area contributed by atoms with E-state index in [-0.39, 0.29) is 17.6 Å². The van der Waals surface area contributed by atoms with Crippen molar-refractivity contribution in [2.45, 2.75) is 42.3 Å². The summed E-state index contributed by atoms with van der Waals surface area (Å²) < 4.78 is 36.0. The number of thioether (sulfide) groups is 1. The molecule has 1 aliphatic rings. The van der Waals surface area contributed by atoms with E-state index in [4.69, 9.17) is 28.4 Å². The molecule has 3 unspecified atom stereocenters. The highest BCUT2D eigenvalue weighted by molar-refractivity contribution is 9.10. The highest BCUT2D eigenvalue weighted by Gasteiger charge is 2.31. The third-order valence-electron chi connectivity index (χ3n) is 6.66. The van der Waals surface area contributed by atoms with Crippen molar-refractivity contribution in [3.8, 4) is 28.7 Å². The van der Waals surface area contributed by atoms with Gasteiger partial charge in [0.15, 0.2) is 23.0 Å². The first-order valence-electron chi connectivity index (χ1n) is 13.2. The Morgan fingerprint density at radius 3 is 2.05 bits per heavy atom. The first kappa shape index (κ1) is 31.6. The van der Waals surface area contributed by atoms with E-state index >= 15 is 0 Å². The van der Waals surface area contributed by atoms with Crippen LogP contribution in [0.3, 0.4) is 0 Å². The number of urea groups is 1. The van der Waals surface area contributed by atoms with Gasteiger partial charge in [-0.05, 0) is 73.4 Å². The molecule has 0 saturated carbocycles. The van der Waals surface area contributed by atoms with Gasteiger partial charge in [0.05, 0.1) is 46.3 Å². The molecule has 1 saturated heterocycles. The Morgan fingerprint density at radius 1 is 0.952 bits per heavy atom. The molecule has 3 aromatic rings. The van der Waals surface area contributed by atoms with Gasteiger partial charge >= 0.3 is 6.03 Å². The minimum absolute atomic E-state index is 0.228. The van der Waals surface area contributed by atoms with Gasteiger partial charge in [-0.15, -0.1) is 0 Å². The lowest BCUT2D eigenvalue weighted by atomic mass is 10.0. The lowest BCUT2D eigenvalue weighted by Gasteiger charge is -2.23. The second-order valence-electron chi connectivity index (χ2n) is 9.46. The van der Waals surface area contributed by atoms with Crippen LogP contribution < -0.4 is 29.0 Å². The molecular weight excluding hydrogens is 628 g/mol. The summed E-state index contributed by atoms with van der Waals surface area (Å²) in [6, 6.07) is 14.6. The van der Waals surface area contributed by atoms with Crippen LogP contribution >= 0.6 is 27.7 Å². The molecule has 3 aromatic carbocycles. The van der Waals surface area contributed by atoms with Crippen molar-refractivity contribution in [3.05, 3.63) is 64.1 Å². The Hall–Kier alpha value is -3.32. The van der Waals surface area contributed by atoms with Gasteiger partial charge in [0.2, 0.25) is 5.75 Å². The number of nitrogens with zero attached hydrogens (tertiary/aromatic N) is 1. The predicted molar refractivity (Wildman–Crippen MR) is 164 cm³/mol. The minimum atomic E-state index is -0.728. The van der Waals surface area contributed by atoms with Crippen molar-refractivity contribution in [1.29, 1.82) is 0 Å². The Morgan fingerprint density at radius 2 is 1.52 bits per heavy atom. The summed E-state index contributed by atoms with van der Waals surface area (Å²) in [5, 5.41) is 12.9. The summed E-state index contributed by atoms with van der Waals surface area (Å²) in [7, 11) is 7.50. The summed E-state index contributed by atoms with van der Waals surface area (Å²) in [6.07, 6.45) is 0.931. The molecule has 42 heavy (non-hydrogen) atoms. The van der Waals surface area contributed by atoms with Crippen molar-refractivity contribution in [1.82, 2.24) is 5.06 Å². The third-order valence-corrected chi connectivity index (χ3v) is 8.11. The lowest BCUT2D eigenvalue weighted by molar-refractivity contribution is -0.0118. The molecular formula is C30H35BrN2O8S. The van der Waals surface area contributed by atoms with Crippen molar-refractivity contribution in [2.24, 2.45) is 0 Å². The smallest absolute Gasteiger partial charge is 0.345 e. The number of rotatable bonds is 11. The van der Waals surface area contributed by atoms with Crippen molar-refractivity contribution < 1.29 is 38.4 Å². The van der Waals surface area contributed by atoms with Crippen LogP contribution in [0, 0.1) is 0 Å². The van der Waals surface area contributed by atoms with E-state index in [2.05, 4.69) is 21.2 Å². The van der Waals surface area contributed by atoms with Crippen LogP contribution in [0.2, 0.25) is 0 Å². The zero-order valence-electron chi connectivity index (χ0n) is 24.3. The second-order valence-corrected chi connectivity index (χ2v) is 11.8. The van der Waals surface area contributed by atoms with E-state index in [0.29, 0.717) is 45.9 Å². The number of carbonyl (C=O) groups is 1. The molecule has 2 N–H and O–H groups in total. The molecule has 1 heterocycles. The maximum atomic E-state index is 12.5. The molecule has 0 spiro atoms. The molecule has 3 atom stereocenters. The highest BCUT2D eigenvalue weighted by atomic mass is 79.9. The van der Waals surface area contributed by atoms with Gasteiger partial charge in [0.1, 0.15) is 5.44 Å². The predicted octanol–water partition coefficient (Wildman–Crippen LogP) is 7.45. The van der Waals surface area contributed by atoms with E-state index < -0.39 is 6.03 Å². The van der Waals surface area contributed by atoms with Crippen molar-refractivity contribution in [3.63, 3.8) is 0 Å². The number of carbonyl (C=O) groups excluding carboxylic acids is 1. The molecule has 12 heteroatoms. The number of anilines is 1. The summed E-state index contributed by atoms with van der Waals surface area (Å²) in [6.45, 7) is 1.91. The van der Waals surface area contributed by atoms with Gasteiger partial charge < -0.3 is 33.7 Å². The number of ether oxygens (including phenoxy) is 6. The average molecular weight is 664 g/mol. The number of halogens is 1. The van der Waals surface area contributed by atoms with Gasteiger partial charge in [-0.2, -0.15) is 0 Å². The van der Waals surface area contributed by atoms with Gasteiger partial charge in [-0.25, -0.2) is 9.86 Å². The maximum absolute atomic E-state index is 12.5. The zero-order chi connectivity index (χ0) is 30.4. The number of methoxy groups -OCH3 is 4. The number of hydrogen-bond donors (Lipinski definition) is 2. The summed E-state index contributed by atoms with van der Waals surface area (Å²) in [5.41, 5.74) is 1.69. The number of nitrogens with one attached hydrogen (secondary N) is 1. The summed E-state index contributed by atoms with van der Waals surface area (Å²) in [4.78, 5) is 13.5. The second kappa shape index (κ2) is 14.2. The molecule has 0 bridgehead atoms. The molecule has 1 aliphatic heterocycles. The SMILES string of the molecule is COc1cc(C2CCC(c3cc(OC)c(OC)c(OC)c3)O2)cc(NC(=O)N(C)O)c1OC(C)Sc1cccc(Br)c1. The maximum Gasteiger partial charge on any atom is 0.345 e. The Balaban J connectivity index is 1.63. The van der Waals surface area contributed by atoms with E-state index in [1.54, 1.807) is 27.4 Å². The fourth-order valence-corrected chi connectivity index (χ4v) is 6.14. The topological polar surface area (TPSA) is 108 Å². The highest BCUT2D eigenvalue weighted by Crippen LogP contribution is 2.48. The summed E-state index contributed by atoms with van der Waals surface area (Å²) >= 11 is 5.00. The largest absolute Gasteiger partial charge is 0.493 e. The monoisotopic (exact) mass is 662 g/mol. The Labute approximate surface area is 258 Å². The van der Waals surface area contributed by atoms with Crippen LogP contribution in [0.1, 0.15) is 43.1 Å². The van der Waals surface area contributed by atoms with Crippen LogP contribution in [0.25, 0.3) is 0 Å². The Bertz CT molecular complexity index is 1380. The molecule has 2 amide bonds. The molecule has 4 rings (SSSR count). The van der Waals surface area contributed by atoms with E-state index in [1.807, 2.05) is 49.4 Å². The summed E-state index contributed by atoms with van der Waals surface area (Å²) in [5.74, 6) is 2.38. The normalized spacial score (nSPS) is 16.9. The zero-order valence-corrected chi connectivity index (χ0v) is 26.7. The number of hydrogen-bond acceptors (Lipinski definition) is 9. The number of amides is 2. The average Bonchev–Trinajstić information content (AvgIpc) is 3.47. The van der Waals surface area contributed by atoms with Gasteiger partial charge in [0.25, 0.3) is 0 Å². The van der Waals surface area contributed by atoms with Gasteiger partial charge in [0, 0.05) is 16.4 Å². The fraction of sp³-hybridized carbons (Fsp3) is 0.367. The van der Waals surface area contributed by atoms with Gasteiger partial charge in [-0.3, -0.25) is 5.21 Å². The quantitative estimate of drug-likeness (QED) is 0.0937. The minimum Gasteiger partial charge on any atom is -0.493 e. The molecule has 226 valence electrons. The molecule has 0 aromatic heterocycles. The first-order chi connectivity index (χ1) is 20.2. The first-order valence-corrected chi connectivity index (χ1v) is 14.8. The van der Waals surface area contributed by atoms with Crippen LogP contribution in [0.5, 0.6) is 28.7 Å². The van der Waals surface area contributed by atoms with Gasteiger partial charge in [-0.1, -0.05) is 33.8 Å². The van der Waals surface area contributed by atoms with E-state index in [9.17, 15) is 10.0 Å².